The van der Waals surface area contributed by atoms with E-state index in [0.29, 0.717) is 5.92 Å². The molecule has 0 heterocycles. The lowest BCUT2D eigenvalue weighted by Crippen LogP contribution is -2.13. The maximum atomic E-state index is 2.39. The summed E-state index contributed by atoms with van der Waals surface area (Å²) in [6.07, 6.45) is 5.66. The van der Waals surface area contributed by atoms with E-state index in [1.54, 1.807) is 5.56 Å². The zero-order chi connectivity index (χ0) is 9.97. The SMILES string of the molecule is CC(C)c1cccc(CC2CCC2)c1. The summed E-state index contributed by atoms with van der Waals surface area (Å²) in [5.74, 6) is 1.65. The van der Waals surface area contributed by atoms with Gasteiger partial charge >= 0.3 is 0 Å². The van der Waals surface area contributed by atoms with Crippen molar-refractivity contribution in [3.8, 4) is 0 Å². The Kier molecular flexibility index (Phi) is 2.90. The van der Waals surface area contributed by atoms with Crippen LogP contribution in [0.25, 0.3) is 0 Å². The van der Waals surface area contributed by atoms with Gasteiger partial charge in [-0.2, -0.15) is 0 Å². The van der Waals surface area contributed by atoms with Crippen molar-refractivity contribution in [1.82, 2.24) is 0 Å². The van der Waals surface area contributed by atoms with Crippen molar-refractivity contribution in [3.63, 3.8) is 0 Å². The molecule has 0 spiro atoms. The van der Waals surface area contributed by atoms with Crippen LogP contribution in [0.5, 0.6) is 0 Å². The van der Waals surface area contributed by atoms with Gasteiger partial charge in [0.2, 0.25) is 0 Å². The highest BCUT2D eigenvalue weighted by Crippen LogP contribution is 2.30. The lowest BCUT2D eigenvalue weighted by molar-refractivity contribution is 0.314. The molecule has 1 aromatic rings. The van der Waals surface area contributed by atoms with Crippen LogP contribution in [0.1, 0.15) is 50.2 Å². The van der Waals surface area contributed by atoms with Gasteiger partial charge in [-0.25, -0.2) is 0 Å². The van der Waals surface area contributed by atoms with Gasteiger partial charge in [-0.05, 0) is 29.4 Å². The highest BCUT2D eigenvalue weighted by Gasteiger charge is 2.17. The average molecular weight is 188 g/mol. The molecule has 0 saturated heterocycles. The fourth-order valence-corrected chi connectivity index (χ4v) is 2.11. The molecule has 2 rings (SSSR count). The largest absolute Gasteiger partial charge is 0.0617 e. The lowest BCUT2D eigenvalue weighted by Gasteiger charge is -2.25. The van der Waals surface area contributed by atoms with Gasteiger partial charge in [0.05, 0.1) is 0 Å². The number of hydrogen-bond acceptors (Lipinski definition) is 0. The standard InChI is InChI=1S/C14H20/c1-11(2)14-8-4-7-13(10-14)9-12-5-3-6-12/h4,7-8,10-12H,3,5-6,9H2,1-2H3. The Morgan fingerprint density at radius 1 is 1.29 bits per heavy atom. The molecule has 0 heteroatoms. The molecule has 0 bridgehead atoms. The van der Waals surface area contributed by atoms with E-state index in [4.69, 9.17) is 0 Å². The van der Waals surface area contributed by atoms with Gasteiger partial charge in [0.25, 0.3) is 0 Å². The van der Waals surface area contributed by atoms with Crippen LogP contribution < -0.4 is 0 Å². The molecule has 1 saturated carbocycles. The van der Waals surface area contributed by atoms with E-state index in [2.05, 4.69) is 38.1 Å². The second-order valence-corrected chi connectivity index (χ2v) is 4.90. The molecule has 1 aromatic carbocycles. The van der Waals surface area contributed by atoms with Crippen LogP contribution in [0, 0.1) is 5.92 Å². The second-order valence-electron chi connectivity index (χ2n) is 4.90. The topological polar surface area (TPSA) is 0 Å². The van der Waals surface area contributed by atoms with E-state index in [-0.39, 0.29) is 0 Å². The highest BCUT2D eigenvalue weighted by molar-refractivity contribution is 5.26. The smallest absolute Gasteiger partial charge is 0.0219 e. The van der Waals surface area contributed by atoms with Crippen LogP contribution in [-0.2, 0) is 6.42 Å². The second kappa shape index (κ2) is 4.16. The fourth-order valence-electron chi connectivity index (χ4n) is 2.11. The van der Waals surface area contributed by atoms with Gasteiger partial charge in [-0.3, -0.25) is 0 Å². The van der Waals surface area contributed by atoms with Gasteiger partial charge in [-0.15, -0.1) is 0 Å². The fraction of sp³-hybridized carbons (Fsp3) is 0.571. The molecule has 0 amide bonds. The number of benzene rings is 1. The maximum Gasteiger partial charge on any atom is -0.0219 e. The summed E-state index contributed by atoms with van der Waals surface area (Å²) in [4.78, 5) is 0. The van der Waals surface area contributed by atoms with Crippen LogP contribution in [0.3, 0.4) is 0 Å². The third-order valence-electron chi connectivity index (χ3n) is 3.37. The predicted octanol–water partition coefficient (Wildman–Crippen LogP) is 4.15. The average Bonchev–Trinajstić information content (AvgIpc) is 2.12. The first kappa shape index (κ1) is 9.76. The molecule has 1 aliphatic carbocycles. The van der Waals surface area contributed by atoms with Crippen LogP contribution in [0.2, 0.25) is 0 Å². The molecular formula is C14H20. The van der Waals surface area contributed by atoms with E-state index in [9.17, 15) is 0 Å². The van der Waals surface area contributed by atoms with Crippen molar-refractivity contribution in [2.24, 2.45) is 5.92 Å². The van der Waals surface area contributed by atoms with Crippen molar-refractivity contribution in [2.75, 3.05) is 0 Å². The van der Waals surface area contributed by atoms with Crippen LogP contribution in [0.15, 0.2) is 24.3 Å². The molecule has 0 nitrogen and oxygen atoms in total. The van der Waals surface area contributed by atoms with Crippen molar-refractivity contribution < 1.29 is 0 Å². The molecular weight excluding hydrogens is 168 g/mol. The minimum Gasteiger partial charge on any atom is -0.0617 e. The Morgan fingerprint density at radius 2 is 2.07 bits per heavy atom. The van der Waals surface area contributed by atoms with Crippen molar-refractivity contribution >= 4 is 0 Å². The summed E-state index contributed by atoms with van der Waals surface area (Å²) < 4.78 is 0. The Morgan fingerprint density at radius 3 is 2.64 bits per heavy atom. The third-order valence-corrected chi connectivity index (χ3v) is 3.37. The molecule has 1 aliphatic rings. The summed E-state index contributed by atoms with van der Waals surface area (Å²) >= 11 is 0. The van der Waals surface area contributed by atoms with E-state index in [1.165, 1.54) is 31.2 Å². The maximum absolute atomic E-state index is 2.39. The quantitative estimate of drug-likeness (QED) is 0.668. The van der Waals surface area contributed by atoms with Gasteiger partial charge in [0, 0.05) is 0 Å². The normalized spacial score (nSPS) is 17.1. The summed E-state index contributed by atoms with van der Waals surface area (Å²) in [7, 11) is 0. The zero-order valence-corrected chi connectivity index (χ0v) is 9.29. The van der Waals surface area contributed by atoms with E-state index in [1.807, 2.05) is 0 Å². The Hall–Kier alpha value is -0.780. The zero-order valence-electron chi connectivity index (χ0n) is 9.29. The summed E-state index contributed by atoms with van der Waals surface area (Å²) in [5, 5.41) is 0. The number of rotatable bonds is 3. The summed E-state index contributed by atoms with van der Waals surface area (Å²) in [6.45, 7) is 4.53. The first-order valence-electron chi connectivity index (χ1n) is 5.84. The summed E-state index contributed by atoms with van der Waals surface area (Å²) in [5.41, 5.74) is 3.03. The van der Waals surface area contributed by atoms with Gasteiger partial charge in [0.1, 0.15) is 0 Å². The van der Waals surface area contributed by atoms with E-state index in [0.717, 1.165) is 5.92 Å². The Bertz CT molecular complexity index is 295. The van der Waals surface area contributed by atoms with Crippen molar-refractivity contribution in [1.29, 1.82) is 0 Å². The van der Waals surface area contributed by atoms with Crippen LogP contribution in [-0.4, -0.2) is 0 Å². The summed E-state index contributed by atoms with van der Waals surface area (Å²) in [6, 6.07) is 9.13. The minimum atomic E-state index is 0.663. The first-order valence-corrected chi connectivity index (χ1v) is 5.84. The predicted molar refractivity (Wildman–Crippen MR) is 61.6 cm³/mol. The van der Waals surface area contributed by atoms with Crippen molar-refractivity contribution in [3.05, 3.63) is 35.4 Å². The van der Waals surface area contributed by atoms with E-state index < -0.39 is 0 Å². The molecule has 0 N–H and O–H groups in total. The number of hydrogen-bond donors (Lipinski definition) is 0. The Labute approximate surface area is 87.3 Å². The van der Waals surface area contributed by atoms with Gasteiger partial charge in [-0.1, -0.05) is 57.4 Å². The van der Waals surface area contributed by atoms with Crippen LogP contribution >= 0.6 is 0 Å². The van der Waals surface area contributed by atoms with E-state index >= 15 is 0 Å². The van der Waals surface area contributed by atoms with Gasteiger partial charge in [0.15, 0.2) is 0 Å². The van der Waals surface area contributed by atoms with Crippen LogP contribution in [0.4, 0.5) is 0 Å². The molecule has 0 aromatic heterocycles. The molecule has 0 radical (unpaired) electrons. The molecule has 0 unspecified atom stereocenters. The third kappa shape index (κ3) is 2.17. The van der Waals surface area contributed by atoms with Gasteiger partial charge < -0.3 is 0 Å². The lowest BCUT2D eigenvalue weighted by atomic mass is 9.80. The molecule has 1 fully saturated rings. The first-order chi connectivity index (χ1) is 6.75. The molecule has 0 atom stereocenters. The molecule has 76 valence electrons. The molecule has 14 heavy (non-hydrogen) atoms. The Balaban J connectivity index is 2.05. The highest BCUT2D eigenvalue weighted by atomic mass is 14.2. The minimum absolute atomic E-state index is 0.663. The monoisotopic (exact) mass is 188 g/mol. The molecule has 0 aliphatic heterocycles. The van der Waals surface area contributed by atoms with Crippen molar-refractivity contribution in [2.45, 2.75) is 45.4 Å².